The van der Waals surface area contributed by atoms with Crippen LogP contribution in [0, 0.1) is 0 Å². The number of ether oxygens (including phenoxy) is 1. The van der Waals surface area contributed by atoms with E-state index in [9.17, 15) is 4.79 Å². The second-order valence-corrected chi connectivity index (χ2v) is 3.77. The van der Waals surface area contributed by atoms with E-state index in [1.807, 2.05) is 14.0 Å². The highest BCUT2D eigenvalue weighted by Crippen LogP contribution is 2.19. The van der Waals surface area contributed by atoms with Crippen LogP contribution in [0.15, 0.2) is 0 Å². The molecule has 1 saturated heterocycles. The molecule has 1 aliphatic heterocycles. The minimum absolute atomic E-state index is 0.0447. The van der Waals surface area contributed by atoms with Gasteiger partial charge in [-0.2, -0.15) is 0 Å². The first kappa shape index (κ1) is 11.5. The Balaban J connectivity index is 2.39. The fourth-order valence-electron chi connectivity index (χ4n) is 1.67. The molecule has 2 N–H and O–H groups in total. The molecule has 1 heterocycles. The number of amides is 1. The highest BCUT2D eigenvalue weighted by atomic mass is 16.5. The van der Waals surface area contributed by atoms with Crippen LogP contribution >= 0.6 is 0 Å². The zero-order valence-corrected chi connectivity index (χ0v) is 9.06. The predicted molar refractivity (Wildman–Crippen MR) is 55.1 cm³/mol. The molecule has 14 heavy (non-hydrogen) atoms. The molecular weight excluding hydrogens is 180 g/mol. The van der Waals surface area contributed by atoms with Gasteiger partial charge >= 0.3 is 0 Å². The van der Waals surface area contributed by atoms with Gasteiger partial charge in [-0.3, -0.25) is 4.79 Å². The number of nitrogens with one attached hydrogen (secondary N) is 2. The quantitative estimate of drug-likeness (QED) is 0.685. The lowest BCUT2D eigenvalue weighted by Gasteiger charge is -2.37. The van der Waals surface area contributed by atoms with E-state index >= 15 is 0 Å². The van der Waals surface area contributed by atoms with Gasteiger partial charge in [-0.1, -0.05) is 6.92 Å². The van der Waals surface area contributed by atoms with Gasteiger partial charge in [-0.05, 0) is 19.9 Å². The number of hydrogen-bond acceptors (Lipinski definition) is 3. The maximum absolute atomic E-state index is 11.1. The first-order chi connectivity index (χ1) is 6.72. The van der Waals surface area contributed by atoms with Crippen molar-refractivity contribution >= 4 is 5.91 Å². The predicted octanol–water partition coefficient (Wildman–Crippen LogP) is 0.281. The summed E-state index contributed by atoms with van der Waals surface area (Å²) in [4.78, 5) is 11.1. The molecule has 0 aromatic heterocycles. The van der Waals surface area contributed by atoms with Gasteiger partial charge in [0.05, 0.1) is 0 Å². The van der Waals surface area contributed by atoms with E-state index < -0.39 is 0 Å². The van der Waals surface area contributed by atoms with Crippen molar-refractivity contribution in [2.45, 2.75) is 31.7 Å². The van der Waals surface area contributed by atoms with Crippen molar-refractivity contribution < 1.29 is 9.53 Å². The molecule has 82 valence electrons. The van der Waals surface area contributed by atoms with Crippen LogP contribution in [0.4, 0.5) is 0 Å². The second-order valence-electron chi connectivity index (χ2n) is 3.77. The van der Waals surface area contributed by atoms with Crippen LogP contribution < -0.4 is 10.6 Å². The van der Waals surface area contributed by atoms with Gasteiger partial charge in [0, 0.05) is 31.7 Å². The van der Waals surface area contributed by atoms with Gasteiger partial charge in [0.25, 0.3) is 0 Å². The Morgan fingerprint density at radius 1 is 1.43 bits per heavy atom. The molecule has 1 rings (SSSR count). The highest BCUT2D eigenvalue weighted by Gasteiger charge is 2.30. The Morgan fingerprint density at radius 3 is 2.57 bits per heavy atom. The molecule has 0 aliphatic carbocycles. The Labute approximate surface area is 85.4 Å². The summed E-state index contributed by atoms with van der Waals surface area (Å²) in [5.41, 5.74) is 0.0447. The molecule has 0 spiro atoms. The molecule has 0 unspecified atom stereocenters. The Kier molecular flexibility index (Phi) is 4.35. The van der Waals surface area contributed by atoms with Gasteiger partial charge < -0.3 is 15.4 Å². The van der Waals surface area contributed by atoms with Crippen molar-refractivity contribution in [1.29, 1.82) is 0 Å². The van der Waals surface area contributed by atoms with E-state index in [-0.39, 0.29) is 11.4 Å². The van der Waals surface area contributed by atoms with E-state index in [2.05, 4.69) is 10.6 Å². The topological polar surface area (TPSA) is 50.4 Å². The average molecular weight is 200 g/mol. The van der Waals surface area contributed by atoms with Crippen LogP contribution in [-0.4, -0.2) is 38.3 Å². The molecule has 1 aliphatic rings. The van der Waals surface area contributed by atoms with E-state index in [0.717, 1.165) is 26.1 Å². The Hall–Kier alpha value is -0.610. The molecular formula is C10H20N2O2. The first-order valence-corrected chi connectivity index (χ1v) is 5.26. The number of carbonyl (C=O) groups excluding carboxylic acids is 1. The minimum Gasteiger partial charge on any atom is -0.381 e. The Morgan fingerprint density at radius 2 is 2.07 bits per heavy atom. The maximum atomic E-state index is 11.1. The summed E-state index contributed by atoms with van der Waals surface area (Å²) in [5.74, 6) is 0.117. The summed E-state index contributed by atoms with van der Waals surface area (Å²) < 4.78 is 5.31. The van der Waals surface area contributed by atoms with Gasteiger partial charge in [0.1, 0.15) is 0 Å². The maximum Gasteiger partial charge on any atom is 0.219 e. The lowest BCUT2D eigenvalue weighted by molar-refractivity contribution is -0.121. The van der Waals surface area contributed by atoms with Crippen LogP contribution in [0.1, 0.15) is 26.2 Å². The van der Waals surface area contributed by atoms with Gasteiger partial charge in [0.2, 0.25) is 5.91 Å². The third-order valence-electron chi connectivity index (χ3n) is 2.93. The molecule has 4 heteroatoms. The molecule has 0 atom stereocenters. The molecule has 1 fully saturated rings. The van der Waals surface area contributed by atoms with Crippen molar-refractivity contribution in [3.63, 3.8) is 0 Å². The van der Waals surface area contributed by atoms with Crippen LogP contribution in [0.5, 0.6) is 0 Å². The highest BCUT2D eigenvalue weighted by molar-refractivity contribution is 5.75. The van der Waals surface area contributed by atoms with Crippen molar-refractivity contribution in [2.24, 2.45) is 0 Å². The first-order valence-electron chi connectivity index (χ1n) is 5.26. The van der Waals surface area contributed by atoms with Crippen LogP contribution in [0.2, 0.25) is 0 Å². The number of carbonyl (C=O) groups is 1. The third-order valence-corrected chi connectivity index (χ3v) is 2.93. The smallest absolute Gasteiger partial charge is 0.219 e. The lowest BCUT2D eigenvalue weighted by Crippen LogP contribution is -2.55. The summed E-state index contributed by atoms with van der Waals surface area (Å²) in [7, 11) is 1.95. The fraction of sp³-hybridized carbons (Fsp3) is 0.900. The number of hydrogen-bond donors (Lipinski definition) is 2. The number of rotatable bonds is 4. The SMILES string of the molecule is CCC(=O)NCC1(NC)CCOCC1. The summed E-state index contributed by atoms with van der Waals surface area (Å²) in [6.45, 7) is 4.14. The summed E-state index contributed by atoms with van der Waals surface area (Å²) in [5, 5.41) is 6.24. The third kappa shape index (κ3) is 2.96. The molecule has 0 saturated carbocycles. The van der Waals surface area contributed by atoms with Crippen molar-refractivity contribution in [3.8, 4) is 0 Å². The molecule has 0 aromatic rings. The van der Waals surface area contributed by atoms with Crippen molar-refractivity contribution in [3.05, 3.63) is 0 Å². The van der Waals surface area contributed by atoms with E-state index in [0.29, 0.717) is 13.0 Å². The molecule has 0 aromatic carbocycles. The lowest BCUT2D eigenvalue weighted by atomic mass is 9.90. The molecule has 0 radical (unpaired) electrons. The largest absolute Gasteiger partial charge is 0.381 e. The molecule has 1 amide bonds. The van der Waals surface area contributed by atoms with Gasteiger partial charge in [0.15, 0.2) is 0 Å². The Bertz CT molecular complexity index is 189. The van der Waals surface area contributed by atoms with Crippen LogP contribution in [0.25, 0.3) is 0 Å². The summed E-state index contributed by atoms with van der Waals surface area (Å²) >= 11 is 0. The van der Waals surface area contributed by atoms with Crippen LogP contribution in [-0.2, 0) is 9.53 Å². The van der Waals surface area contributed by atoms with E-state index in [1.54, 1.807) is 0 Å². The zero-order valence-electron chi connectivity index (χ0n) is 9.06. The summed E-state index contributed by atoms with van der Waals surface area (Å²) in [6.07, 6.45) is 2.48. The number of likely N-dealkylation sites (N-methyl/N-ethyl adjacent to an activating group) is 1. The van der Waals surface area contributed by atoms with Gasteiger partial charge in [-0.15, -0.1) is 0 Å². The van der Waals surface area contributed by atoms with E-state index in [1.165, 1.54) is 0 Å². The average Bonchev–Trinajstić information content (AvgIpc) is 2.27. The van der Waals surface area contributed by atoms with Crippen LogP contribution in [0.3, 0.4) is 0 Å². The normalized spacial score (nSPS) is 20.4. The molecule has 0 bridgehead atoms. The second kappa shape index (κ2) is 5.32. The summed E-state index contributed by atoms with van der Waals surface area (Å²) in [6, 6.07) is 0. The van der Waals surface area contributed by atoms with Crippen molar-refractivity contribution in [1.82, 2.24) is 10.6 Å². The monoisotopic (exact) mass is 200 g/mol. The zero-order chi connectivity index (χ0) is 10.4. The van der Waals surface area contributed by atoms with E-state index in [4.69, 9.17) is 4.74 Å². The standard InChI is InChI=1S/C10H20N2O2/c1-3-9(13)12-8-10(11-2)4-6-14-7-5-10/h11H,3-8H2,1-2H3,(H,12,13). The molecule has 4 nitrogen and oxygen atoms in total. The minimum atomic E-state index is 0.0447. The van der Waals surface area contributed by atoms with Gasteiger partial charge in [-0.25, -0.2) is 0 Å². The fourth-order valence-corrected chi connectivity index (χ4v) is 1.67. The van der Waals surface area contributed by atoms with Crippen molar-refractivity contribution in [2.75, 3.05) is 26.8 Å².